The zero-order chi connectivity index (χ0) is 46.7. The minimum Gasteiger partial charge on any atom is -0.462 e. The van der Waals surface area contributed by atoms with E-state index < -0.39 is 18.2 Å². The van der Waals surface area contributed by atoms with Crippen molar-refractivity contribution >= 4 is 11.9 Å². The summed E-state index contributed by atoms with van der Waals surface area (Å²) in [7, 11) is 0. The molecule has 0 aliphatic rings. The minimum atomic E-state index is -0.814. The van der Waals surface area contributed by atoms with Crippen LogP contribution in [0.15, 0.2) is 109 Å². The number of hydrogen-bond donors (Lipinski definition) is 3. The molecule has 364 valence electrons. The second-order valence-electron chi connectivity index (χ2n) is 17.3. The Bertz CT molecular complexity index is 1320. The van der Waals surface area contributed by atoms with Gasteiger partial charge in [-0.15, -0.1) is 0 Å². The maximum Gasteiger partial charge on any atom is 0.306 e. The number of amides is 1. The van der Waals surface area contributed by atoms with E-state index in [1.165, 1.54) is 64.2 Å². The fraction of sp³-hybridized carbons (Fsp3) is 0.655. The first-order valence-corrected chi connectivity index (χ1v) is 26.2. The zero-order valence-corrected chi connectivity index (χ0v) is 41.4. The van der Waals surface area contributed by atoms with E-state index in [1.54, 1.807) is 0 Å². The van der Waals surface area contributed by atoms with Crippen molar-refractivity contribution in [1.29, 1.82) is 0 Å². The van der Waals surface area contributed by atoms with Crippen LogP contribution in [0.4, 0.5) is 0 Å². The number of carbonyl (C=O) groups excluding carboxylic acids is 2. The molecule has 64 heavy (non-hydrogen) atoms. The Morgan fingerprint density at radius 1 is 0.484 bits per heavy atom. The molecule has 3 N–H and O–H groups in total. The van der Waals surface area contributed by atoms with Gasteiger partial charge in [0, 0.05) is 6.42 Å². The molecule has 0 rings (SSSR count). The van der Waals surface area contributed by atoms with Crippen molar-refractivity contribution in [3.8, 4) is 0 Å². The predicted molar refractivity (Wildman–Crippen MR) is 277 cm³/mol. The number of allylic oxidation sites excluding steroid dienone is 18. The van der Waals surface area contributed by atoms with Crippen LogP contribution in [0, 0.1) is 0 Å². The highest BCUT2D eigenvalue weighted by atomic mass is 16.5. The van der Waals surface area contributed by atoms with Crippen molar-refractivity contribution in [1.82, 2.24) is 5.32 Å². The molecule has 0 aliphatic heterocycles. The summed E-state index contributed by atoms with van der Waals surface area (Å²) in [5.74, 6) is -0.566. The summed E-state index contributed by atoms with van der Waals surface area (Å²) in [5.41, 5.74) is 0. The molecule has 0 saturated carbocycles. The van der Waals surface area contributed by atoms with Gasteiger partial charge >= 0.3 is 5.97 Å². The Morgan fingerprint density at radius 2 is 0.938 bits per heavy atom. The average molecular weight is 888 g/mol. The van der Waals surface area contributed by atoms with E-state index in [0.717, 1.165) is 109 Å². The summed E-state index contributed by atoms with van der Waals surface area (Å²) in [5, 5.41) is 23.8. The Kier molecular flexibility index (Phi) is 47.8. The standard InChI is InChI=1S/C58H97NO5/c1-4-7-10-13-16-19-22-25-27-28-30-32-34-37-40-43-46-49-54(64-58(63)51-48-45-42-39-36-33-29-26-23-20-17-14-11-8-5-2)52-57(62)59-55(53-60)56(61)50-47-44-41-38-35-31-24-21-18-15-12-9-6-3/h7-8,10-11,14,16-17,19-20,23,25-27,29-30,32,37,40,54-56,60-61H,4-6,9,12-13,15,18,21-22,24,28,31,33-36,38-39,41-53H2,1-3H3,(H,59,62)/b10-7-,11-8+,17-14+,19-16-,23-20+,27-25-,29-26-,32-30-,40-37-. The lowest BCUT2D eigenvalue weighted by Gasteiger charge is -2.24. The summed E-state index contributed by atoms with van der Waals surface area (Å²) in [6.07, 6.45) is 68.6. The Labute approximate surface area is 394 Å². The van der Waals surface area contributed by atoms with Crippen molar-refractivity contribution in [2.75, 3.05) is 6.61 Å². The molecule has 3 atom stereocenters. The van der Waals surface area contributed by atoms with Gasteiger partial charge in [0.05, 0.1) is 25.2 Å². The van der Waals surface area contributed by atoms with Crippen molar-refractivity contribution in [3.05, 3.63) is 109 Å². The molecule has 6 heteroatoms. The van der Waals surface area contributed by atoms with Crippen LogP contribution in [0.1, 0.15) is 220 Å². The van der Waals surface area contributed by atoms with Crippen LogP contribution in [0.5, 0.6) is 0 Å². The minimum absolute atomic E-state index is 0.0221. The van der Waals surface area contributed by atoms with Crippen LogP contribution in [-0.4, -0.2) is 46.9 Å². The number of nitrogens with one attached hydrogen (secondary N) is 1. The highest BCUT2D eigenvalue weighted by Gasteiger charge is 2.24. The normalized spacial score (nSPS) is 14.1. The molecule has 0 aromatic carbocycles. The lowest BCUT2D eigenvalue weighted by Crippen LogP contribution is -2.46. The highest BCUT2D eigenvalue weighted by molar-refractivity contribution is 5.77. The van der Waals surface area contributed by atoms with Gasteiger partial charge in [-0.3, -0.25) is 9.59 Å². The van der Waals surface area contributed by atoms with E-state index in [4.69, 9.17) is 4.74 Å². The van der Waals surface area contributed by atoms with Gasteiger partial charge < -0.3 is 20.3 Å². The number of hydrogen-bond acceptors (Lipinski definition) is 5. The lowest BCUT2D eigenvalue weighted by atomic mass is 10.0. The van der Waals surface area contributed by atoms with E-state index in [0.29, 0.717) is 19.3 Å². The first kappa shape index (κ1) is 60.5. The predicted octanol–water partition coefficient (Wildman–Crippen LogP) is 15.9. The fourth-order valence-corrected chi connectivity index (χ4v) is 7.30. The molecular weight excluding hydrogens is 791 g/mol. The summed E-state index contributed by atoms with van der Waals surface area (Å²) in [6.45, 7) is 6.20. The smallest absolute Gasteiger partial charge is 0.306 e. The summed E-state index contributed by atoms with van der Waals surface area (Å²) < 4.78 is 5.90. The van der Waals surface area contributed by atoms with E-state index in [1.807, 2.05) is 18.2 Å². The molecular formula is C58H97NO5. The van der Waals surface area contributed by atoms with Gasteiger partial charge in [-0.2, -0.15) is 0 Å². The highest BCUT2D eigenvalue weighted by Crippen LogP contribution is 2.17. The number of aliphatic hydroxyl groups excluding tert-OH is 2. The Balaban J connectivity index is 4.76. The molecule has 3 unspecified atom stereocenters. The van der Waals surface area contributed by atoms with E-state index >= 15 is 0 Å². The second kappa shape index (κ2) is 50.5. The Morgan fingerprint density at radius 3 is 1.48 bits per heavy atom. The van der Waals surface area contributed by atoms with Gasteiger partial charge in [0.1, 0.15) is 6.10 Å². The second-order valence-corrected chi connectivity index (χ2v) is 17.3. The molecule has 0 saturated heterocycles. The SMILES string of the molecule is CC/C=C\C/C=C\C/C=C\C/C=C\C/C=C\CCCC(CC(=O)NC(CO)C(O)CCCCCCCCCCCCCCC)OC(=O)CCCCCCC\C=C/C=C/C=C/C=C/CC. The molecule has 0 radical (unpaired) electrons. The van der Waals surface area contributed by atoms with Crippen LogP contribution in [0.2, 0.25) is 0 Å². The molecule has 1 amide bonds. The zero-order valence-electron chi connectivity index (χ0n) is 41.4. The maximum atomic E-state index is 13.2. The third-order valence-electron chi connectivity index (χ3n) is 11.2. The van der Waals surface area contributed by atoms with E-state index in [9.17, 15) is 19.8 Å². The van der Waals surface area contributed by atoms with Gasteiger partial charge in [0.2, 0.25) is 5.91 Å². The number of carbonyl (C=O) groups is 2. The summed E-state index contributed by atoms with van der Waals surface area (Å²) >= 11 is 0. The summed E-state index contributed by atoms with van der Waals surface area (Å²) in [4.78, 5) is 26.2. The van der Waals surface area contributed by atoms with Crippen LogP contribution < -0.4 is 5.32 Å². The lowest BCUT2D eigenvalue weighted by molar-refractivity contribution is -0.151. The summed E-state index contributed by atoms with van der Waals surface area (Å²) in [6, 6.07) is -0.732. The van der Waals surface area contributed by atoms with Crippen LogP contribution >= 0.6 is 0 Å². The number of unbranched alkanes of at least 4 members (excludes halogenated alkanes) is 18. The van der Waals surface area contributed by atoms with Crippen molar-refractivity contribution in [2.45, 2.75) is 238 Å². The third kappa shape index (κ3) is 45.1. The number of ether oxygens (including phenoxy) is 1. The van der Waals surface area contributed by atoms with E-state index in [-0.39, 0.29) is 24.9 Å². The first-order chi connectivity index (χ1) is 31.5. The molecule has 0 bridgehead atoms. The van der Waals surface area contributed by atoms with Gasteiger partial charge in [-0.1, -0.05) is 233 Å². The number of esters is 1. The van der Waals surface area contributed by atoms with Crippen molar-refractivity contribution in [3.63, 3.8) is 0 Å². The third-order valence-corrected chi connectivity index (χ3v) is 11.2. The quantitative estimate of drug-likeness (QED) is 0.0245. The molecule has 0 spiro atoms. The first-order valence-electron chi connectivity index (χ1n) is 26.2. The molecule has 0 fully saturated rings. The Hall–Kier alpha value is -3.48. The monoisotopic (exact) mass is 888 g/mol. The molecule has 0 aromatic rings. The number of rotatable bonds is 45. The largest absolute Gasteiger partial charge is 0.462 e. The molecule has 0 heterocycles. The number of aliphatic hydroxyl groups is 2. The fourth-order valence-electron chi connectivity index (χ4n) is 7.30. The molecule has 6 nitrogen and oxygen atoms in total. The van der Waals surface area contributed by atoms with Gasteiger partial charge in [0.25, 0.3) is 0 Å². The van der Waals surface area contributed by atoms with Gasteiger partial charge in [0.15, 0.2) is 0 Å². The maximum absolute atomic E-state index is 13.2. The molecule has 0 aliphatic carbocycles. The molecule has 0 aromatic heterocycles. The van der Waals surface area contributed by atoms with Gasteiger partial charge in [-0.05, 0) is 83.5 Å². The topological polar surface area (TPSA) is 95.9 Å². The van der Waals surface area contributed by atoms with E-state index in [2.05, 4.69) is 117 Å². The van der Waals surface area contributed by atoms with Gasteiger partial charge in [-0.25, -0.2) is 0 Å². The average Bonchev–Trinajstić information content (AvgIpc) is 3.29. The van der Waals surface area contributed by atoms with Crippen molar-refractivity contribution in [2.24, 2.45) is 0 Å². The van der Waals surface area contributed by atoms with Crippen LogP contribution in [-0.2, 0) is 14.3 Å². The van der Waals surface area contributed by atoms with Crippen LogP contribution in [0.25, 0.3) is 0 Å². The van der Waals surface area contributed by atoms with Crippen molar-refractivity contribution < 1.29 is 24.5 Å². The van der Waals surface area contributed by atoms with Crippen LogP contribution in [0.3, 0.4) is 0 Å².